The molecule has 0 bridgehead atoms. The largest absolute Gasteiger partial charge is 0.465 e. The van der Waals surface area contributed by atoms with Crippen LogP contribution in [0.2, 0.25) is 0 Å². The van der Waals surface area contributed by atoms with Crippen LogP contribution in [0.3, 0.4) is 0 Å². The monoisotopic (exact) mass is 546 g/mol. The Morgan fingerprint density at radius 1 is 1.37 bits per heavy atom. The average Bonchev–Trinajstić information content (AvgIpc) is 3.48. The van der Waals surface area contributed by atoms with E-state index in [1.54, 1.807) is 41.8 Å². The van der Waals surface area contributed by atoms with Gasteiger partial charge in [-0.2, -0.15) is 15.1 Å². The predicted molar refractivity (Wildman–Crippen MR) is 135 cm³/mol. The van der Waals surface area contributed by atoms with E-state index in [1.807, 2.05) is 0 Å². The van der Waals surface area contributed by atoms with Gasteiger partial charge in [-0.25, -0.2) is 9.55 Å². The molecule has 5 atom stereocenters. The van der Waals surface area contributed by atoms with Crippen LogP contribution in [-0.4, -0.2) is 56.9 Å². The lowest BCUT2D eigenvalue weighted by molar-refractivity contribution is -0.144. The Kier molecular flexibility index (Phi) is 8.29. The molecule has 1 unspecified atom stereocenters. The Balaban J connectivity index is 1.54. The molecule has 1 aliphatic rings. The molecule has 0 amide bonds. The number of anilines is 2. The van der Waals surface area contributed by atoms with E-state index in [2.05, 4.69) is 30.1 Å². The standard InChI is InChI=1S/C21H27N10O6P/c1-3-34-20(32)12(2)29-38(33,37-13-7-5-4-6-8-13)35-10-15-14(28-30-24)9-16(36-15)31-11-25-17-18(22)26-21(23)27-19(17)31/h4-8,11-12,14-16H,3,9-10H2,1-2H3,(H,29,33)(H4,22,23,26,27)/t12-,14+,15-,16-,38?/m1/s1. The fourth-order valence-corrected chi connectivity index (χ4v) is 5.33. The molecule has 0 radical (unpaired) electrons. The van der Waals surface area contributed by atoms with Crippen LogP contribution in [0.4, 0.5) is 11.8 Å². The minimum Gasteiger partial charge on any atom is -0.465 e. The maximum Gasteiger partial charge on any atom is 0.459 e. The van der Waals surface area contributed by atoms with Gasteiger partial charge in [-0.15, -0.1) is 0 Å². The first-order valence-corrected chi connectivity index (χ1v) is 13.2. The minimum atomic E-state index is -4.14. The summed E-state index contributed by atoms with van der Waals surface area (Å²) in [6, 6.07) is 6.59. The molecule has 1 aliphatic heterocycles. The highest BCUT2D eigenvalue weighted by molar-refractivity contribution is 7.52. The number of ether oxygens (including phenoxy) is 2. The zero-order valence-corrected chi connectivity index (χ0v) is 21.5. The average molecular weight is 546 g/mol. The number of imidazole rings is 1. The van der Waals surface area contributed by atoms with Crippen LogP contribution in [-0.2, 0) is 23.4 Å². The number of nitrogen functional groups attached to an aromatic ring is 2. The van der Waals surface area contributed by atoms with Gasteiger partial charge in [-0.1, -0.05) is 23.3 Å². The summed E-state index contributed by atoms with van der Waals surface area (Å²) in [5.74, 6) is -0.320. The highest BCUT2D eigenvalue weighted by atomic mass is 31.2. The van der Waals surface area contributed by atoms with Gasteiger partial charge in [0.05, 0.1) is 31.7 Å². The normalized spacial score (nSPS) is 21.4. The molecule has 1 saturated heterocycles. The van der Waals surface area contributed by atoms with Gasteiger partial charge in [0.2, 0.25) is 5.95 Å². The van der Waals surface area contributed by atoms with Crippen molar-refractivity contribution in [2.45, 2.75) is 44.7 Å². The van der Waals surface area contributed by atoms with Gasteiger partial charge in [0, 0.05) is 11.3 Å². The van der Waals surface area contributed by atoms with Gasteiger partial charge in [0.25, 0.3) is 0 Å². The number of rotatable bonds is 11. The molecule has 17 heteroatoms. The molecule has 4 rings (SSSR count). The van der Waals surface area contributed by atoms with Crippen molar-refractivity contribution in [1.82, 2.24) is 24.6 Å². The van der Waals surface area contributed by atoms with Crippen molar-refractivity contribution >= 4 is 36.6 Å². The lowest BCUT2D eigenvalue weighted by atomic mass is 10.1. The van der Waals surface area contributed by atoms with E-state index in [1.165, 1.54) is 13.3 Å². The number of hydrogen-bond acceptors (Lipinski definition) is 12. The lowest BCUT2D eigenvalue weighted by Crippen LogP contribution is -2.36. The van der Waals surface area contributed by atoms with E-state index in [-0.39, 0.29) is 37.2 Å². The van der Waals surface area contributed by atoms with Gasteiger partial charge >= 0.3 is 13.7 Å². The highest BCUT2D eigenvalue weighted by Crippen LogP contribution is 2.46. The second kappa shape index (κ2) is 11.6. The number of benzene rings is 1. The van der Waals surface area contributed by atoms with Crippen LogP contribution >= 0.6 is 7.75 Å². The number of para-hydroxylation sites is 1. The van der Waals surface area contributed by atoms with Crippen LogP contribution in [0.15, 0.2) is 41.8 Å². The second-order valence-electron chi connectivity index (χ2n) is 8.23. The molecular formula is C21H27N10O6P. The first-order valence-electron chi connectivity index (χ1n) is 11.6. The number of esters is 1. The Labute approximate surface area is 216 Å². The molecule has 0 aliphatic carbocycles. The van der Waals surface area contributed by atoms with Crippen LogP contribution in [0.1, 0.15) is 26.5 Å². The molecule has 2 aromatic heterocycles. The molecule has 38 heavy (non-hydrogen) atoms. The third kappa shape index (κ3) is 6.13. The van der Waals surface area contributed by atoms with E-state index < -0.39 is 38.1 Å². The first-order chi connectivity index (χ1) is 18.2. The fourth-order valence-electron chi connectivity index (χ4n) is 3.83. The number of azide groups is 1. The number of carbonyl (C=O) groups excluding carboxylic acids is 1. The summed E-state index contributed by atoms with van der Waals surface area (Å²) in [5.41, 5.74) is 21.4. The lowest BCUT2D eigenvalue weighted by Gasteiger charge is -2.24. The van der Waals surface area contributed by atoms with Crippen molar-refractivity contribution in [1.29, 1.82) is 0 Å². The van der Waals surface area contributed by atoms with E-state index in [4.69, 9.17) is 35.5 Å². The second-order valence-corrected chi connectivity index (χ2v) is 9.92. The minimum absolute atomic E-state index is 0.0398. The van der Waals surface area contributed by atoms with E-state index >= 15 is 0 Å². The Morgan fingerprint density at radius 3 is 2.84 bits per heavy atom. The number of fused-ring (bicyclic) bond motifs is 1. The molecule has 0 spiro atoms. The van der Waals surface area contributed by atoms with Crippen LogP contribution in [0.25, 0.3) is 21.6 Å². The Hall–Kier alpha value is -3.94. The molecule has 16 nitrogen and oxygen atoms in total. The summed E-state index contributed by atoms with van der Waals surface area (Å²) in [5, 5.41) is 6.40. The number of nitrogens with one attached hydrogen (secondary N) is 1. The van der Waals surface area contributed by atoms with E-state index in [0.29, 0.717) is 11.2 Å². The summed E-state index contributed by atoms with van der Waals surface area (Å²) in [7, 11) is -4.14. The van der Waals surface area contributed by atoms with Crippen molar-refractivity contribution in [2.24, 2.45) is 5.11 Å². The smallest absolute Gasteiger partial charge is 0.459 e. The summed E-state index contributed by atoms with van der Waals surface area (Å²) < 4.78 is 37.7. The number of carbonyl (C=O) groups is 1. The van der Waals surface area contributed by atoms with Crippen molar-refractivity contribution in [3.05, 3.63) is 47.1 Å². The zero-order chi connectivity index (χ0) is 27.3. The number of aromatic nitrogens is 4. The maximum atomic E-state index is 13.7. The van der Waals surface area contributed by atoms with Crippen molar-refractivity contribution in [2.75, 3.05) is 24.7 Å². The third-order valence-corrected chi connectivity index (χ3v) is 7.19. The van der Waals surface area contributed by atoms with Crippen LogP contribution in [0.5, 0.6) is 5.75 Å². The summed E-state index contributed by atoms with van der Waals surface area (Å²) in [4.78, 5) is 27.4. The Morgan fingerprint density at radius 2 is 2.13 bits per heavy atom. The molecule has 1 fully saturated rings. The molecule has 0 saturated carbocycles. The molecule has 3 aromatic rings. The highest BCUT2D eigenvalue weighted by Gasteiger charge is 2.40. The predicted octanol–water partition coefficient (Wildman–Crippen LogP) is 2.70. The van der Waals surface area contributed by atoms with Gasteiger partial charge in [0.1, 0.15) is 23.5 Å². The summed E-state index contributed by atoms with van der Waals surface area (Å²) in [6.45, 7) is 2.96. The van der Waals surface area contributed by atoms with Gasteiger partial charge < -0.3 is 25.5 Å². The van der Waals surface area contributed by atoms with Crippen molar-refractivity contribution in [3.63, 3.8) is 0 Å². The first kappa shape index (κ1) is 27.1. The summed E-state index contributed by atoms with van der Waals surface area (Å²) >= 11 is 0. The molecule has 3 heterocycles. The van der Waals surface area contributed by atoms with Crippen LogP contribution in [0, 0.1) is 0 Å². The fraction of sp³-hybridized carbons (Fsp3) is 0.429. The number of hydrogen-bond donors (Lipinski definition) is 3. The van der Waals surface area contributed by atoms with Gasteiger partial charge in [0.15, 0.2) is 11.5 Å². The SMILES string of the molecule is CCOC(=O)[C@@H](C)NP(=O)(OC[C@H]1O[C@@H](n2cnc3c(N)nc(N)nc32)C[C@@H]1N=[N+]=[N-])Oc1ccccc1. The van der Waals surface area contributed by atoms with Crippen LogP contribution < -0.4 is 21.1 Å². The number of nitrogens with zero attached hydrogens (tertiary/aromatic N) is 7. The van der Waals surface area contributed by atoms with Crippen molar-refractivity contribution in [3.8, 4) is 5.75 Å². The maximum absolute atomic E-state index is 13.7. The van der Waals surface area contributed by atoms with E-state index in [0.717, 1.165) is 0 Å². The third-order valence-electron chi connectivity index (χ3n) is 5.55. The molecule has 1 aromatic carbocycles. The Bertz CT molecular complexity index is 1380. The summed E-state index contributed by atoms with van der Waals surface area (Å²) in [6.07, 6.45) is 0.169. The number of nitrogens with two attached hydrogens (primary N) is 2. The quantitative estimate of drug-likeness (QED) is 0.104. The molecular weight excluding hydrogens is 519 g/mol. The zero-order valence-electron chi connectivity index (χ0n) is 20.6. The van der Waals surface area contributed by atoms with Gasteiger partial charge in [-0.3, -0.25) is 13.9 Å². The molecule has 202 valence electrons. The topological polar surface area (TPSA) is 227 Å². The van der Waals surface area contributed by atoms with Crippen molar-refractivity contribution < 1.29 is 27.9 Å². The van der Waals surface area contributed by atoms with Gasteiger partial charge in [-0.05, 0) is 31.5 Å². The van der Waals surface area contributed by atoms with E-state index in [9.17, 15) is 9.36 Å². The molecule has 5 N–H and O–H groups in total.